The molecule has 0 amide bonds. The Kier molecular flexibility index (Phi) is 4.36. The van der Waals surface area contributed by atoms with Gasteiger partial charge in [-0.15, -0.1) is 0 Å². The summed E-state index contributed by atoms with van der Waals surface area (Å²) in [7, 11) is -1.50. The number of hydrogen-bond donors (Lipinski definition) is 1. The maximum Gasteiger partial charge on any atom is 0.273 e. The molecule has 0 aliphatic carbocycles. The van der Waals surface area contributed by atoms with Gasteiger partial charge in [-0.3, -0.25) is 14.3 Å². The van der Waals surface area contributed by atoms with Crippen molar-refractivity contribution in [1.82, 2.24) is 0 Å². The number of nitrogens with two attached hydrogens (primary N) is 1. The van der Waals surface area contributed by atoms with E-state index >= 15 is 0 Å². The molecule has 1 atom stereocenters. The number of benzene rings is 2. The van der Waals surface area contributed by atoms with E-state index in [0.717, 1.165) is 0 Å². The van der Waals surface area contributed by atoms with Gasteiger partial charge in [-0.05, 0) is 18.2 Å². The molecule has 20 heavy (non-hydrogen) atoms. The molecule has 0 spiro atoms. The minimum Gasteiger partial charge on any atom is -0.398 e. The minimum absolute atomic E-state index is 0.0156. The number of halogens is 1. The number of nitrogens with zero attached hydrogens (tertiary/aromatic N) is 1. The summed E-state index contributed by atoms with van der Waals surface area (Å²) >= 11 is 5.85. The van der Waals surface area contributed by atoms with Gasteiger partial charge < -0.3 is 5.73 Å². The van der Waals surface area contributed by atoms with E-state index in [0.29, 0.717) is 21.2 Å². The van der Waals surface area contributed by atoms with Crippen LogP contribution in [0.5, 0.6) is 0 Å². The van der Waals surface area contributed by atoms with Crippen LogP contribution in [0.3, 0.4) is 0 Å². The lowest BCUT2D eigenvalue weighted by Crippen LogP contribution is -2.03. The smallest absolute Gasteiger partial charge is 0.273 e. The van der Waals surface area contributed by atoms with Crippen LogP contribution in [0.4, 0.5) is 11.4 Å². The third kappa shape index (κ3) is 3.15. The molecule has 0 aliphatic rings. The molecule has 0 radical (unpaired) electrons. The lowest BCUT2D eigenvalue weighted by atomic mass is 10.2. The quantitative estimate of drug-likeness (QED) is 0.534. The normalized spacial score (nSPS) is 12.1. The van der Waals surface area contributed by atoms with Crippen LogP contribution in [0.15, 0.2) is 47.4 Å². The van der Waals surface area contributed by atoms with Gasteiger partial charge in [0.25, 0.3) is 5.69 Å². The molecular formula is C13H11ClN2O3S. The highest BCUT2D eigenvalue weighted by Crippen LogP contribution is 2.26. The first-order chi connectivity index (χ1) is 9.49. The average Bonchev–Trinajstić information content (AvgIpc) is 2.41. The first-order valence-corrected chi connectivity index (χ1v) is 7.34. The Balaban J connectivity index is 2.33. The predicted molar refractivity (Wildman–Crippen MR) is 79.1 cm³/mol. The molecule has 0 aliphatic heterocycles. The molecule has 0 saturated carbocycles. The number of nitro groups is 1. The molecule has 2 rings (SSSR count). The second-order valence-corrected chi connectivity index (χ2v) is 5.91. The molecule has 5 nitrogen and oxygen atoms in total. The molecule has 104 valence electrons. The lowest BCUT2D eigenvalue weighted by molar-refractivity contribution is -0.385. The van der Waals surface area contributed by atoms with E-state index < -0.39 is 15.7 Å². The second-order valence-electron chi connectivity index (χ2n) is 4.06. The number of hydrogen-bond acceptors (Lipinski definition) is 4. The zero-order valence-corrected chi connectivity index (χ0v) is 11.9. The molecule has 0 fully saturated rings. The van der Waals surface area contributed by atoms with Crippen molar-refractivity contribution in [2.45, 2.75) is 10.6 Å². The van der Waals surface area contributed by atoms with E-state index in [9.17, 15) is 14.3 Å². The van der Waals surface area contributed by atoms with Gasteiger partial charge in [-0.2, -0.15) is 0 Å². The Hall–Kier alpha value is -1.92. The Labute approximate surface area is 123 Å². The van der Waals surface area contributed by atoms with Gasteiger partial charge in [0.05, 0.1) is 26.4 Å². The largest absolute Gasteiger partial charge is 0.398 e. The number of nitrogen functional groups attached to an aromatic ring is 1. The van der Waals surface area contributed by atoms with Crippen molar-refractivity contribution < 1.29 is 9.13 Å². The predicted octanol–water partition coefficient (Wildman–Crippen LogP) is 3.14. The first kappa shape index (κ1) is 14.5. The molecule has 0 saturated heterocycles. The van der Waals surface area contributed by atoms with Crippen molar-refractivity contribution in [2.24, 2.45) is 0 Å². The van der Waals surface area contributed by atoms with Gasteiger partial charge in [-0.1, -0.05) is 29.8 Å². The fraction of sp³-hybridized carbons (Fsp3) is 0.0769. The van der Waals surface area contributed by atoms with Crippen LogP contribution in [0, 0.1) is 10.1 Å². The molecule has 2 aromatic rings. The highest BCUT2D eigenvalue weighted by atomic mass is 35.5. The van der Waals surface area contributed by atoms with E-state index in [-0.39, 0.29) is 11.4 Å². The second kappa shape index (κ2) is 6.02. The fourth-order valence-corrected chi connectivity index (χ4v) is 3.24. The van der Waals surface area contributed by atoms with Gasteiger partial charge >= 0.3 is 0 Å². The fourth-order valence-electron chi connectivity index (χ4n) is 1.74. The van der Waals surface area contributed by atoms with E-state index in [4.69, 9.17) is 17.3 Å². The van der Waals surface area contributed by atoms with Crippen LogP contribution in [-0.4, -0.2) is 9.13 Å². The maximum atomic E-state index is 12.3. The van der Waals surface area contributed by atoms with Gasteiger partial charge in [0.2, 0.25) is 0 Å². The van der Waals surface area contributed by atoms with Crippen LogP contribution in [-0.2, 0) is 16.6 Å². The lowest BCUT2D eigenvalue weighted by Gasteiger charge is -2.07. The third-order valence-electron chi connectivity index (χ3n) is 2.70. The maximum absolute atomic E-state index is 12.3. The van der Waals surface area contributed by atoms with Crippen LogP contribution in [0.2, 0.25) is 5.02 Å². The zero-order chi connectivity index (χ0) is 14.7. The molecule has 2 aromatic carbocycles. The first-order valence-electron chi connectivity index (χ1n) is 5.64. The summed E-state index contributed by atoms with van der Waals surface area (Å²) in [6.45, 7) is 0. The summed E-state index contributed by atoms with van der Waals surface area (Å²) in [4.78, 5) is 10.8. The number of anilines is 1. The van der Waals surface area contributed by atoms with Crippen molar-refractivity contribution in [3.8, 4) is 0 Å². The minimum atomic E-state index is -1.50. The molecule has 0 aromatic heterocycles. The van der Waals surface area contributed by atoms with Crippen molar-refractivity contribution >= 4 is 33.8 Å². The van der Waals surface area contributed by atoms with E-state index in [1.54, 1.807) is 30.3 Å². The monoisotopic (exact) mass is 310 g/mol. The Morgan fingerprint density at radius 2 is 1.95 bits per heavy atom. The summed E-state index contributed by atoms with van der Waals surface area (Å²) < 4.78 is 12.3. The van der Waals surface area contributed by atoms with E-state index in [1.165, 1.54) is 12.1 Å². The highest BCUT2D eigenvalue weighted by molar-refractivity contribution is 7.84. The van der Waals surface area contributed by atoms with E-state index in [1.807, 2.05) is 0 Å². The van der Waals surface area contributed by atoms with Crippen LogP contribution in [0.25, 0.3) is 0 Å². The molecule has 1 unspecified atom stereocenters. The number of rotatable bonds is 4. The molecule has 2 N–H and O–H groups in total. The SMILES string of the molecule is Nc1ccc(Cl)cc1S(=O)Cc1ccccc1[N+](=O)[O-]. The Bertz CT molecular complexity index is 691. The average molecular weight is 311 g/mol. The van der Waals surface area contributed by atoms with Crippen LogP contribution < -0.4 is 5.73 Å². The Morgan fingerprint density at radius 1 is 1.25 bits per heavy atom. The summed E-state index contributed by atoms with van der Waals surface area (Å²) in [5, 5.41) is 11.3. The van der Waals surface area contributed by atoms with Gasteiger partial charge in [0.15, 0.2) is 0 Å². The standard InChI is InChI=1S/C13H11ClN2O3S/c14-10-5-6-11(15)13(7-10)20(19)8-9-3-1-2-4-12(9)16(17)18/h1-7H,8,15H2. The Morgan fingerprint density at radius 3 is 2.65 bits per heavy atom. The third-order valence-corrected chi connectivity index (χ3v) is 4.35. The van der Waals surface area contributed by atoms with Crippen molar-refractivity contribution in [2.75, 3.05) is 5.73 Å². The van der Waals surface area contributed by atoms with E-state index in [2.05, 4.69) is 0 Å². The zero-order valence-electron chi connectivity index (χ0n) is 10.3. The summed E-state index contributed by atoms with van der Waals surface area (Å²) in [6.07, 6.45) is 0. The van der Waals surface area contributed by atoms with Gasteiger partial charge in [0.1, 0.15) is 0 Å². The van der Waals surface area contributed by atoms with Gasteiger partial charge in [0, 0.05) is 22.3 Å². The van der Waals surface area contributed by atoms with Gasteiger partial charge in [-0.25, -0.2) is 0 Å². The van der Waals surface area contributed by atoms with Crippen molar-refractivity contribution in [1.29, 1.82) is 0 Å². The van der Waals surface area contributed by atoms with Crippen LogP contribution >= 0.6 is 11.6 Å². The molecular weight excluding hydrogens is 300 g/mol. The molecule has 7 heteroatoms. The van der Waals surface area contributed by atoms with Crippen molar-refractivity contribution in [3.63, 3.8) is 0 Å². The number of nitro benzene ring substituents is 1. The van der Waals surface area contributed by atoms with Crippen molar-refractivity contribution in [3.05, 3.63) is 63.2 Å². The molecule has 0 heterocycles. The summed E-state index contributed by atoms with van der Waals surface area (Å²) in [5.74, 6) is 0.0156. The highest BCUT2D eigenvalue weighted by Gasteiger charge is 2.17. The number of para-hydroxylation sites is 1. The topological polar surface area (TPSA) is 86.2 Å². The van der Waals surface area contributed by atoms with Crippen LogP contribution in [0.1, 0.15) is 5.56 Å². The summed E-state index contributed by atoms with van der Waals surface area (Å²) in [5.41, 5.74) is 6.45. The molecule has 0 bridgehead atoms. The summed E-state index contributed by atoms with van der Waals surface area (Å²) in [6, 6.07) is 10.9.